The highest BCUT2D eigenvalue weighted by molar-refractivity contribution is 6.19. The minimum atomic E-state index is 0.312. The maximum Gasteiger partial charge on any atom is 0.135 e. The predicted octanol–water partition coefficient (Wildman–Crippen LogP) is 3.87. The van der Waals surface area contributed by atoms with Crippen molar-refractivity contribution in [3.05, 3.63) is 58.9 Å². The molecule has 0 atom stereocenters. The van der Waals surface area contributed by atoms with Gasteiger partial charge in [0.1, 0.15) is 12.4 Å². The monoisotopic (exact) mass is 285 g/mol. The Bertz CT molecular complexity index is 656. The average molecular weight is 286 g/mol. The SMILES string of the molecule is Cc1ccc(OCc2ncccc2C)c(C#CCCl)c1. The van der Waals surface area contributed by atoms with Crippen molar-refractivity contribution in [2.24, 2.45) is 0 Å². The third-order valence-electron chi connectivity index (χ3n) is 2.91. The zero-order valence-electron chi connectivity index (χ0n) is 11.6. The Morgan fingerprint density at radius 1 is 1.25 bits per heavy atom. The van der Waals surface area contributed by atoms with Gasteiger partial charge < -0.3 is 4.74 Å². The molecule has 0 amide bonds. The molecule has 0 saturated heterocycles. The van der Waals surface area contributed by atoms with Crippen LogP contribution < -0.4 is 4.74 Å². The highest BCUT2D eigenvalue weighted by Crippen LogP contribution is 2.20. The number of aryl methyl sites for hydroxylation is 2. The second-order valence-electron chi connectivity index (χ2n) is 4.49. The van der Waals surface area contributed by atoms with E-state index >= 15 is 0 Å². The molecule has 0 saturated carbocycles. The quantitative estimate of drug-likeness (QED) is 0.631. The van der Waals surface area contributed by atoms with Gasteiger partial charge >= 0.3 is 0 Å². The van der Waals surface area contributed by atoms with Gasteiger partial charge in [-0.05, 0) is 43.2 Å². The number of benzene rings is 1. The van der Waals surface area contributed by atoms with Gasteiger partial charge in [0.2, 0.25) is 0 Å². The van der Waals surface area contributed by atoms with Crippen molar-refractivity contribution >= 4 is 11.6 Å². The Hall–Kier alpha value is -1.98. The molecule has 1 aromatic heterocycles. The lowest BCUT2D eigenvalue weighted by atomic mass is 10.1. The minimum absolute atomic E-state index is 0.312. The maximum atomic E-state index is 5.85. The van der Waals surface area contributed by atoms with Crippen LogP contribution in [0.15, 0.2) is 36.5 Å². The van der Waals surface area contributed by atoms with Crippen LogP contribution in [0.2, 0.25) is 0 Å². The molecular weight excluding hydrogens is 270 g/mol. The molecule has 1 aromatic carbocycles. The lowest BCUT2D eigenvalue weighted by molar-refractivity contribution is 0.299. The number of hydrogen-bond donors (Lipinski definition) is 0. The summed E-state index contributed by atoms with van der Waals surface area (Å²) in [7, 11) is 0. The summed E-state index contributed by atoms with van der Waals surface area (Å²) in [5.41, 5.74) is 4.06. The summed E-state index contributed by atoms with van der Waals surface area (Å²) in [5, 5.41) is 0. The third kappa shape index (κ3) is 3.76. The number of rotatable bonds is 3. The van der Waals surface area contributed by atoms with Crippen LogP contribution in [0.5, 0.6) is 5.75 Å². The third-order valence-corrected chi connectivity index (χ3v) is 3.04. The summed E-state index contributed by atoms with van der Waals surface area (Å²) in [4.78, 5) is 4.32. The molecule has 2 aromatic rings. The number of aromatic nitrogens is 1. The number of ether oxygens (including phenoxy) is 1. The summed E-state index contributed by atoms with van der Waals surface area (Å²) in [6, 6.07) is 9.88. The van der Waals surface area contributed by atoms with Crippen LogP contribution in [0, 0.1) is 25.7 Å². The molecule has 0 N–H and O–H groups in total. The smallest absolute Gasteiger partial charge is 0.135 e. The van der Waals surface area contributed by atoms with Crippen molar-refractivity contribution in [2.75, 3.05) is 5.88 Å². The Kier molecular flexibility index (Phi) is 5.03. The molecule has 0 unspecified atom stereocenters. The zero-order chi connectivity index (χ0) is 14.4. The Labute approximate surface area is 124 Å². The first kappa shape index (κ1) is 14.4. The molecule has 1 heterocycles. The Balaban J connectivity index is 2.19. The van der Waals surface area contributed by atoms with Crippen molar-refractivity contribution in [2.45, 2.75) is 20.5 Å². The fourth-order valence-corrected chi connectivity index (χ4v) is 1.88. The van der Waals surface area contributed by atoms with E-state index < -0.39 is 0 Å². The summed E-state index contributed by atoms with van der Waals surface area (Å²) in [6.07, 6.45) is 1.77. The number of alkyl halides is 1. The summed E-state index contributed by atoms with van der Waals surface area (Å²) < 4.78 is 5.85. The molecule has 3 heteroatoms. The maximum absolute atomic E-state index is 5.85. The summed E-state index contributed by atoms with van der Waals surface area (Å²) >= 11 is 5.61. The molecule has 102 valence electrons. The van der Waals surface area contributed by atoms with Crippen molar-refractivity contribution in [1.82, 2.24) is 4.98 Å². The predicted molar refractivity (Wildman–Crippen MR) is 82.1 cm³/mol. The normalized spacial score (nSPS) is 9.75. The van der Waals surface area contributed by atoms with Crippen molar-refractivity contribution in [3.63, 3.8) is 0 Å². The van der Waals surface area contributed by atoms with E-state index in [-0.39, 0.29) is 0 Å². The Morgan fingerprint density at radius 2 is 2.10 bits per heavy atom. The first-order chi connectivity index (χ1) is 9.70. The zero-order valence-corrected chi connectivity index (χ0v) is 12.4. The topological polar surface area (TPSA) is 22.1 Å². The standard InChI is InChI=1S/C17H16ClNO/c1-13-7-8-17(15(11-13)6-3-9-18)20-12-16-14(2)5-4-10-19-16/h4-5,7-8,10-11H,9,12H2,1-2H3. The van der Waals surface area contributed by atoms with Gasteiger partial charge in [-0.2, -0.15) is 0 Å². The number of hydrogen-bond acceptors (Lipinski definition) is 2. The molecule has 2 rings (SSSR count). The second kappa shape index (κ2) is 6.98. The van der Waals surface area contributed by atoms with E-state index in [0.717, 1.165) is 28.1 Å². The summed E-state index contributed by atoms with van der Waals surface area (Å²) in [5.74, 6) is 6.96. The molecule has 0 fully saturated rings. The van der Waals surface area contributed by atoms with Crippen LogP contribution in [0.4, 0.5) is 0 Å². The van der Waals surface area contributed by atoms with E-state index in [4.69, 9.17) is 16.3 Å². The first-order valence-corrected chi connectivity index (χ1v) is 6.93. The van der Waals surface area contributed by atoms with Crippen LogP contribution in [-0.2, 0) is 6.61 Å². The van der Waals surface area contributed by atoms with Gasteiger partial charge in [0, 0.05) is 6.20 Å². The van der Waals surface area contributed by atoms with Gasteiger partial charge in [-0.25, -0.2) is 0 Å². The lowest BCUT2D eigenvalue weighted by Crippen LogP contribution is -2.01. The molecule has 0 aliphatic carbocycles. The van der Waals surface area contributed by atoms with Crippen LogP contribution in [0.25, 0.3) is 0 Å². The van der Waals surface area contributed by atoms with Gasteiger partial charge in [-0.3, -0.25) is 4.98 Å². The van der Waals surface area contributed by atoms with Crippen LogP contribution in [0.1, 0.15) is 22.4 Å². The van der Waals surface area contributed by atoms with E-state index in [2.05, 4.69) is 16.8 Å². The van der Waals surface area contributed by atoms with E-state index in [1.807, 2.05) is 44.2 Å². The van der Waals surface area contributed by atoms with Gasteiger partial charge in [-0.1, -0.05) is 24.0 Å². The van der Waals surface area contributed by atoms with E-state index in [9.17, 15) is 0 Å². The van der Waals surface area contributed by atoms with Crippen LogP contribution in [0.3, 0.4) is 0 Å². The second-order valence-corrected chi connectivity index (χ2v) is 4.76. The van der Waals surface area contributed by atoms with Crippen molar-refractivity contribution < 1.29 is 4.74 Å². The number of pyridine rings is 1. The number of halogens is 1. The Morgan fingerprint density at radius 3 is 2.85 bits per heavy atom. The molecule has 0 aliphatic rings. The highest BCUT2D eigenvalue weighted by atomic mass is 35.5. The first-order valence-electron chi connectivity index (χ1n) is 6.39. The van der Waals surface area contributed by atoms with Crippen molar-refractivity contribution in [1.29, 1.82) is 0 Å². The fourth-order valence-electron chi connectivity index (χ4n) is 1.81. The van der Waals surface area contributed by atoms with Gasteiger partial charge in [0.05, 0.1) is 17.1 Å². The summed E-state index contributed by atoms with van der Waals surface area (Å²) in [6.45, 7) is 4.49. The van der Waals surface area contributed by atoms with Crippen molar-refractivity contribution in [3.8, 4) is 17.6 Å². The minimum Gasteiger partial charge on any atom is -0.486 e. The van der Waals surface area contributed by atoms with Crippen LogP contribution in [-0.4, -0.2) is 10.9 Å². The van der Waals surface area contributed by atoms with E-state index in [1.165, 1.54) is 0 Å². The van der Waals surface area contributed by atoms with E-state index in [1.54, 1.807) is 6.20 Å². The lowest BCUT2D eigenvalue weighted by Gasteiger charge is -2.10. The molecule has 20 heavy (non-hydrogen) atoms. The molecule has 0 aliphatic heterocycles. The molecule has 2 nitrogen and oxygen atoms in total. The molecule has 0 bridgehead atoms. The molecule has 0 radical (unpaired) electrons. The highest BCUT2D eigenvalue weighted by Gasteiger charge is 2.04. The number of nitrogens with zero attached hydrogens (tertiary/aromatic N) is 1. The van der Waals surface area contributed by atoms with Gasteiger partial charge in [-0.15, -0.1) is 11.6 Å². The van der Waals surface area contributed by atoms with Gasteiger partial charge in [0.25, 0.3) is 0 Å². The molecular formula is C17H16ClNO. The van der Waals surface area contributed by atoms with Crippen LogP contribution >= 0.6 is 11.6 Å². The van der Waals surface area contributed by atoms with Gasteiger partial charge in [0.15, 0.2) is 0 Å². The average Bonchev–Trinajstić information content (AvgIpc) is 2.45. The molecule has 0 spiro atoms. The largest absolute Gasteiger partial charge is 0.486 e. The van der Waals surface area contributed by atoms with E-state index in [0.29, 0.717) is 12.5 Å². The fraction of sp³-hybridized carbons (Fsp3) is 0.235.